The van der Waals surface area contributed by atoms with Crippen molar-refractivity contribution >= 4 is 5.91 Å². The number of rotatable bonds is 3. The third-order valence-electron chi connectivity index (χ3n) is 4.87. The van der Waals surface area contributed by atoms with E-state index < -0.39 is 0 Å². The molecule has 1 saturated heterocycles. The zero-order chi connectivity index (χ0) is 14.2. The van der Waals surface area contributed by atoms with E-state index in [1.807, 2.05) is 18.2 Å². The molecule has 1 aliphatic carbocycles. The first-order valence-corrected chi connectivity index (χ1v) is 7.49. The van der Waals surface area contributed by atoms with E-state index in [0.717, 1.165) is 19.3 Å². The lowest BCUT2D eigenvalue weighted by Crippen LogP contribution is -2.50. The van der Waals surface area contributed by atoms with Gasteiger partial charge in [-0.1, -0.05) is 44.2 Å². The Bertz CT molecular complexity index is 489. The molecule has 1 amide bonds. The second kappa shape index (κ2) is 4.88. The Hall–Kier alpha value is -1.35. The minimum atomic E-state index is -0.241. The van der Waals surface area contributed by atoms with Gasteiger partial charge in [-0.25, -0.2) is 0 Å². The minimum absolute atomic E-state index is 0.172. The Morgan fingerprint density at radius 1 is 1.20 bits per heavy atom. The summed E-state index contributed by atoms with van der Waals surface area (Å²) in [5, 5.41) is 3.35. The van der Waals surface area contributed by atoms with E-state index in [2.05, 4.69) is 31.3 Å². The molecule has 2 aliphatic rings. The molecule has 1 saturated carbocycles. The number of hydrogen-bond donors (Lipinski definition) is 1. The molecule has 3 nitrogen and oxygen atoms in total. The zero-order valence-corrected chi connectivity index (χ0v) is 12.3. The van der Waals surface area contributed by atoms with Gasteiger partial charge in [-0.2, -0.15) is 0 Å². The Balaban J connectivity index is 1.82. The molecular formula is C17H23NO2. The summed E-state index contributed by atoms with van der Waals surface area (Å²) in [6, 6.07) is 10.3. The topological polar surface area (TPSA) is 38.3 Å². The van der Waals surface area contributed by atoms with Crippen molar-refractivity contribution in [1.82, 2.24) is 5.32 Å². The SMILES string of the molecule is CC1(C)CC1C(=O)NC1(c2ccccc2)CCOCC1. The standard InChI is InChI=1S/C17H23NO2/c1-16(2)12-14(16)15(19)18-17(8-10-20-11-9-17)13-6-4-3-5-7-13/h3-7,14H,8-12H2,1-2H3,(H,18,19). The highest BCUT2D eigenvalue weighted by Crippen LogP contribution is 2.52. The fraction of sp³-hybridized carbons (Fsp3) is 0.588. The maximum absolute atomic E-state index is 12.5. The summed E-state index contributed by atoms with van der Waals surface area (Å²) in [4.78, 5) is 12.5. The quantitative estimate of drug-likeness (QED) is 0.919. The van der Waals surface area contributed by atoms with Crippen LogP contribution in [0.3, 0.4) is 0 Å². The van der Waals surface area contributed by atoms with Crippen LogP contribution in [0.25, 0.3) is 0 Å². The molecule has 20 heavy (non-hydrogen) atoms. The van der Waals surface area contributed by atoms with Crippen molar-refractivity contribution in [2.24, 2.45) is 11.3 Å². The van der Waals surface area contributed by atoms with E-state index in [0.29, 0.717) is 13.2 Å². The molecule has 1 heterocycles. The molecule has 1 N–H and O–H groups in total. The van der Waals surface area contributed by atoms with E-state index in [4.69, 9.17) is 4.74 Å². The van der Waals surface area contributed by atoms with Gasteiger partial charge in [-0.3, -0.25) is 4.79 Å². The Kier molecular flexibility index (Phi) is 3.33. The van der Waals surface area contributed by atoms with Crippen LogP contribution in [-0.4, -0.2) is 19.1 Å². The van der Waals surface area contributed by atoms with E-state index >= 15 is 0 Å². The second-order valence-electron chi connectivity index (χ2n) is 6.80. The molecule has 2 fully saturated rings. The summed E-state index contributed by atoms with van der Waals surface area (Å²) < 4.78 is 5.49. The van der Waals surface area contributed by atoms with Gasteiger partial charge in [-0.15, -0.1) is 0 Å². The van der Waals surface area contributed by atoms with Crippen LogP contribution in [-0.2, 0) is 15.1 Å². The molecular weight excluding hydrogens is 250 g/mol. The molecule has 1 aromatic carbocycles. The highest BCUT2D eigenvalue weighted by atomic mass is 16.5. The van der Waals surface area contributed by atoms with Crippen LogP contribution in [0.2, 0.25) is 0 Å². The van der Waals surface area contributed by atoms with E-state index in [1.54, 1.807) is 0 Å². The number of ether oxygens (including phenoxy) is 1. The van der Waals surface area contributed by atoms with Gasteiger partial charge in [0.1, 0.15) is 0 Å². The van der Waals surface area contributed by atoms with Gasteiger partial charge in [0.15, 0.2) is 0 Å². The first-order valence-electron chi connectivity index (χ1n) is 7.49. The molecule has 0 aromatic heterocycles. The highest BCUT2D eigenvalue weighted by molar-refractivity contribution is 5.83. The number of carbonyl (C=O) groups is 1. The molecule has 108 valence electrons. The van der Waals surface area contributed by atoms with Gasteiger partial charge in [0, 0.05) is 19.1 Å². The number of benzene rings is 1. The fourth-order valence-electron chi connectivity index (χ4n) is 3.20. The van der Waals surface area contributed by atoms with Crippen molar-refractivity contribution in [1.29, 1.82) is 0 Å². The van der Waals surface area contributed by atoms with E-state index in [9.17, 15) is 4.79 Å². The van der Waals surface area contributed by atoms with Crippen LogP contribution in [0.1, 0.15) is 38.7 Å². The predicted octanol–water partition coefficient (Wildman–Crippen LogP) is 2.85. The van der Waals surface area contributed by atoms with Gasteiger partial charge in [0.25, 0.3) is 0 Å². The Morgan fingerprint density at radius 3 is 2.35 bits per heavy atom. The van der Waals surface area contributed by atoms with Crippen LogP contribution >= 0.6 is 0 Å². The minimum Gasteiger partial charge on any atom is -0.381 e. The molecule has 1 atom stereocenters. The average Bonchev–Trinajstić information content (AvgIpc) is 3.10. The molecule has 3 rings (SSSR count). The van der Waals surface area contributed by atoms with Crippen molar-refractivity contribution in [2.75, 3.05) is 13.2 Å². The third-order valence-corrected chi connectivity index (χ3v) is 4.87. The van der Waals surface area contributed by atoms with Crippen LogP contribution in [0.4, 0.5) is 0 Å². The number of nitrogens with one attached hydrogen (secondary N) is 1. The molecule has 3 heteroatoms. The molecule has 0 spiro atoms. The van der Waals surface area contributed by atoms with Gasteiger partial charge < -0.3 is 10.1 Å². The monoisotopic (exact) mass is 273 g/mol. The first kappa shape index (κ1) is 13.6. The molecule has 0 radical (unpaired) electrons. The summed E-state index contributed by atoms with van der Waals surface area (Å²) in [6.07, 6.45) is 2.71. The maximum Gasteiger partial charge on any atom is 0.224 e. The van der Waals surface area contributed by atoms with Gasteiger partial charge >= 0.3 is 0 Å². The number of hydrogen-bond acceptors (Lipinski definition) is 2. The van der Waals surface area contributed by atoms with Gasteiger partial charge in [0.05, 0.1) is 5.54 Å². The third kappa shape index (κ3) is 2.47. The Morgan fingerprint density at radius 2 is 1.80 bits per heavy atom. The van der Waals surface area contributed by atoms with Crippen molar-refractivity contribution in [3.05, 3.63) is 35.9 Å². The fourth-order valence-corrected chi connectivity index (χ4v) is 3.20. The van der Waals surface area contributed by atoms with Crippen LogP contribution in [0, 0.1) is 11.3 Å². The lowest BCUT2D eigenvalue weighted by atomic mass is 9.82. The highest BCUT2D eigenvalue weighted by Gasteiger charge is 2.52. The summed E-state index contributed by atoms with van der Waals surface area (Å²) in [7, 11) is 0. The van der Waals surface area contributed by atoms with Crippen LogP contribution in [0.15, 0.2) is 30.3 Å². The lowest BCUT2D eigenvalue weighted by molar-refractivity contribution is -0.126. The van der Waals surface area contributed by atoms with E-state index in [1.165, 1.54) is 5.56 Å². The van der Waals surface area contributed by atoms with Crippen molar-refractivity contribution in [3.63, 3.8) is 0 Å². The van der Waals surface area contributed by atoms with Crippen molar-refractivity contribution < 1.29 is 9.53 Å². The van der Waals surface area contributed by atoms with Crippen molar-refractivity contribution in [2.45, 2.75) is 38.6 Å². The summed E-state index contributed by atoms with van der Waals surface area (Å²) >= 11 is 0. The summed E-state index contributed by atoms with van der Waals surface area (Å²) in [5.41, 5.74) is 1.14. The number of amides is 1. The predicted molar refractivity (Wildman–Crippen MR) is 78.2 cm³/mol. The molecule has 1 aromatic rings. The Labute approximate surface area is 120 Å². The first-order chi connectivity index (χ1) is 9.54. The van der Waals surface area contributed by atoms with Crippen LogP contribution < -0.4 is 5.32 Å². The molecule has 1 unspecified atom stereocenters. The average molecular weight is 273 g/mol. The normalized spacial score (nSPS) is 26.8. The maximum atomic E-state index is 12.5. The zero-order valence-electron chi connectivity index (χ0n) is 12.3. The van der Waals surface area contributed by atoms with Crippen LogP contribution in [0.5, 0.6) is 0 Å². The van der Waals surface area contributed by atoms with E-state index in [-0.39, 0.29) is 22.8 Å². The van der Waals surface area contributed by atoms with Gasteiger partial charge in [0.2, 0.25) is 5.91 Å². The lowest BCUT2D eigenvalue weighted by Gasteiger charge is -2.38. The molecule has 0 bridgehead atoms. The number of carbonyl (C=O) groups excluding carboxylic acids is 1. The van der Waals surface area contributed by atoms with Gasteiger partial charge in [-0.05, 0) is 30.2 Å². The van der Waals surface area contributed by atoms with Crippen molar-refractivity contribution in [3.8, 4) is 0 Å². The molecule has 1 aliphatic heterocycles. The summed E-state index contributed by atoms with van der Waals surface area (Å²) in [5.74, 6) is 0.381. The largest absolute Gasteiger partial charge is 0.381 e. The smallest absolute Gasteiger partial charge is 0.224 e. The second-order valence-corrected chi connectivity index (χ2v) is 6.80. The summed E-state index contributed by atoms with van der Waals surface area (Å²) in [6.45, 7) is 5.75.